The van der Waals surface area contributed by atoms with Crippen LogP contribution in [0.4, 0.5) is 0 Å². The molecule has 0 saturated carbocycles. The highest BCUT2D eigenvalue weighted by Gasteiger charge is 2.08. The highest BCUT2D eigenvalue weighted by molar-refractivity contribution is 5.79. The van der Waals surface area contributed by atoms with E-state index >= 15 is 0 Å². The van der Waals surface area contributed by atoms with Gasteiger partial charge in [0.05, 0.1) is 12.2 Å². The summed E-state index contributed by atoms with van der Waals surface area (Å²) < 4.78 is 11.5. The minimum absolute atomic E-state index is 0.0118. The first kappa shape index (κ1) is 18.8. The van der Waals surface area contributed by atoms with Gasteiger partial charge in [0.1, 0.15) is 24.2 Å². The zero-order valence-electron chi connectivity index (χ0n) is 15.7. The van der Waals surface area contributed by atoms with Crippen molar-refractivity contribution in [2.45, 2.75) is 47.3 Å². The number of nitrogens with one attached hydrogen (secondary N) is 2. The summed E-state index contributed by atoms with van der Waals surface area (Å²) in [6, 6.07) is 8.05. The summed E-state index contributed by atoms with van der Waals surface area (Å²) in [6.07, 6.45) is 0.0118. The van der Waals surface area contributed by atoms with Crippen LogP contribution in [0.1, 0.15) is 36.8 Å². The average Bonchev–Trinajstić information content (AvgIpc) is 2.90. The smallest absolute Gasteiger partial charge is 0.216 e. The van der Waals surface area contributed by atoms with E-state index in [1.165, 1.54) is 5.56 Å². The number of ether oxygens (including phenoxy) is 1. The second kappa shape index (κ2) is 9.11. The van der Waals surface area contributed by atoms with Crippen molar-refractivity contribution < 1.29 is 9.15 Å². The average molecular weight is 344 g/mol. The molecule has 2 aromatic rings. The van der Waals surface area contributed by atoms with E-state index in [1.807, 2.05) is 52.0 Å². The Balaban J connectivity index is 1.87. The molecule has 0 amide bonds. The van der Waals surface area contributed by atoms with E-state index in [1.54, 1.807) is 0 Å². The monoisotopic (exact) mass is 344 g/mol. The Morgan fingerprint density at radius 3 is 2.52 bits per heavy atom. The van der Waals surface area contributed by atoms with E-state index in [-0.39, 0.29) is 6.10 Å². The summed E-state index contributed by atoms with van der Waals surface area (Å²) in [5.74, 6) is 3.04. The summed E-state index contributed by atoms with van der Waals surface area (Å²) in [7, 11) is 0. The van der Waals surface area contributed by atoms with Gasteiger partial charge < -0.3 is 19.8 Å². The Labute approximate surface area is 149 Å². The van der Waals surface area contributed by atoms with Crippen LogP contribution in [0.2, 0.25) is 0 Å². The summed E-state index contributed by atoms with van der Waals surface area (Å²) in [5.41, 5.74) is 2.12. The molecule has 0 radical (unpaired) electrons. The van der Waals surface area contributed by atoms with Crippen molar-refractivity contribution in [1.29, 1.82) is 0 Å². The van der Waals surface area contributed by atoms with E-state index in [4.69, 9.17) is 9.15 Å². The third-order valence-corrected chi connectivity index (χ3v) is 3.70. The van der Waals surface area contributed by atoms with Crippen molar-refractivity contribution in [3.63, 3.8) is 0 Å². The van der Waals surface area contributed by atoms with E-state index < -0.39 is 0 Å². The van der Waals surface area contributed by atoms with Gasteiger partial charge in [0.25, 0.3) is 0 Å². The lowest BCUT2D eigenvalue weighted by molar-refractivity contribution is 0.224. The standard InChI is InChI=1S/C19H28N4O2/c1-6-20-19(22-12-18-23-15(4)16(5)25-18)21-11-14(3)24-17-9-7-13(2)8-10-17/h7-10,14H,6,11-12H2,1-5H3,(H2,20,21,22). The number of hydrogen-bond donors (Lipinski definition) is 2. The van der Waals surface area contributed by atoms with Crippen LogP contribution in [0.15, 0.2) is 33.7 Å². The fourth-order valence-corrected chi connectivity index (χ4v) is 2.23. The lowest BCUT2D eigenvalue weighted by atomic mass is 10.2. The van der Waals surface area contributed by atoms with Crippen molar-refractivity contribution in [3.05, 3.63) is 47.2 Å². The molecule has 2 N–H and O–H groups in total. The molecule has 1 aromatic heterocycles. The Bertz CT molecular complexity index is 672. The van der Waals surface area contributed by atoms with Gasteiger partial charge >= 0.3 is 0 Å². The SMILES string of the molecule is CCNC(=NCc1nc(C)c(C)o1)NCC(C)Oc1ccc(C)cc1. The lowest BCUT2D eigenvalue weighted by Crippen LogP contribution is -2.41. The largest absolute Gasteiger partial charge is 0.489 e. The van der Waals surface area contributed by atoms with Crippen LogP contribution in [-0.2, 0) is 6.54 Å². The minimum atomic E-state index is 0.0118. The van der Waals surface area contributed by atoms with Crippen LogP contribution in [0, 0.1) is 20.8 Å². The topological polar surface area (TPSA) is 71.7 Å². The number of aliphatic imine (C=N–C) groups is 1. The normalized spacial score (nSPS) is 12.8. The molecule has 1 aromatic carbocycles. The second-order valence-electron chi connectivity index (χ2n) is 6.07. The van der Waals surface area contributed by atoms with Crippen molar-refractivity contribution in [1.82, 2.24) is 15.6 Å². The van der Waals surface area contributed by atoms with Gasteiger partial charge in [-0.25, -0.2) is 9.98 Å². The van der Waals surface area contributed by atoms with Crippen LogP contribution >= 0.6 is 0 Å². The maximum absolute atomic E-state index is 5.90. The molecule has 6 heteroatoms. The number of benzene rings is 1. The van der Waals surface area contributed by atoms with Crippen molar-refractivity contribution >= 4 is 5.96 Å². The van der Waals surface area contributed by atoms with Gasteiger partial charge in [-0.1, -0.05) is 17.7 Å². The summed E-state index contributed by atoms with van der Waals surface area (Å²) in [4.78, 5) is 8.86. The van der Waals surface area contributed by atoms with Gasteiger partial charge in [0, 0.05) is 6.54 Å². The van der Waals surface area contributed by atoms with E-state index in [2.05, 4.69) is 27.5 Å². The first-order chi connectivity index (χ1) is 12.0. The fourth-order valence-electron chi connectivity index (χ4n) is 2.23. The van der Waals surface area contributed by atoms with Crippen LogP contribution in [0.5, 0.6) is 5.75 Å². The maximum atomic E-state index is 5.90. The molecular weight excluding hydrogens is 316 g/mol. The predicted octanol–water partition coefficient (Wildman–Crippen LogP) is 3.12. The predicted molar refractivity (Wildman–Crippen MR) is 100 cm³/mol. The number of rotatable bonds is 7. The Hall–Kier alpha value is -2.50. The Morgan fingerprint density at radius 1 is 1.20 bits per heavy atom. The summed E-state index contributed by atoms with van der Waals surface area (Å²) in [5, 5.41) is 6.50. The van der Waals surface area contributed by atoms with Gasteiger partial charge in [-0.05, 0) is 46.8 Å². The number of hydrogen-bond acceptors (Lipinski definition) is 4. The number of aromatic nitrogens is 1. The van der Waals surface area contributed by atoms with Crippen molar-refractivity contribution in [3.8, 4) is 5.75 Å². The molecule has 1 heterocycles. The second-order valence-corrected chi connectivity index (χ2v) is 6.07. The van der Waals surface area contributed by atoms with Gasteiger partial charge in [-0.2, -0.15) is 0 Å². The Morgan fingerprint density at radius 2 is 1.92 bits per heavy atom. The third kappa shape index (κ3) is 6.14. The lowest BCUT2D eigenvalue weighted by Gasteiger charge is -2.17. The highest BCUT2D eigenvalue weighted by Crippen LogP contribution is 2.13. The molecule has 0 aliphatic heterocycles. The van der Waals surface area contributed by atoms with Crippen molar-refractivity contribution in [2.75, 3.05) is 13.1 Å². The van der Waals surface area contributed by atoms with Gasteiger partial charge in [-0.15, -0.1) is 0 Å². The first-order valence-corrected chi connectivity index (χ1v) is 8.66. The van der Waals surface area contributed by atoms with Gasteiger partial charge in [0.2, 0.25) is 5.89 Å². The van der Waals surface area contributed by atoms with Crippen LogP contribution in [-0.4, -0.2) is 30.1 Å². The number of nitrogens with zero attached hydrogens (tertiary/aromatic N) is 2. The number of guanidine groups is 1. The molecule has 25 heavy (non-hydrogen) atoms. The van der Waals surface area contributed by atoms with Crippen LogP contribution in [0.3, 0.4) is 0 Å². The summed E-state index contributed by atoms with van der Waals surface area (Å²) in [6.45, 7) is 11.8. The molecule has 0 aliphatic rings. The molecular formula is C19H28N4O2. The molecule has 2 rings (SSSR count). The molecule has 1 atom stereocenters. The van der Waals surface area contributed by atoms with Gasteiger partial charge in [-0.3, -0.25) is 0 Å². The molecule has 0 saturated heterocycles. The maximum Gasteiger partial charge on any atom is 0.216 e. The molecule has 0 spiro atoms. The third-order valence-electron chi connectivity index (χ3n) is 3.70. The zero-order valence-corrected chi connectivity index (χ0v) is 15.7. The fraction of sp³-hybridized carbons (Fsp3) is 0.474. The molecule has 136 valence electrons. The van der Waals surface area contributed by atoms with Crippen molar-refractivity contribution in [2.24, 2.45) is 4.99 Å². The highest BCUT2D eigenvalue weighted by atomic mass is 16.5. The van der Waals surface area contributed by atoms with E-state index in [9.17, 15) is 0 Å². The summed E-state index contributed by atoms with van der Waals surface area (Å²) >= 11 is 0. The molecule has 1 unspecified atom stereocenters. The van der Waals surface area contributed by atoms with Crippen LogP contribution in [0.25, 0.3) is 0 Å². The van der Waals surface area contributed by atoms with Gasteiger partial charge in [0.15, 0.2) is 5.96 Å². The Kier molecular flexibility index (Phi) is 6.86. The number of aryl methyl sites for hydroxylation is 3. The molecule has 6 nitrogen and oxygen atoms in total. The van der Waals surface area contributed by atoms with E-state index in [0.717, 1.165) is 29.7 Å². The minimum Gasteiger partial charge on any atom is -0.489 e. The van der Waals surface area contributed by atoms with E-state index in [0.29, 0.717) is 19.0 Å². The quantitative estimate of drug-likeness (QED) is 0.596. The van der Waals surface area contributed by atoms with Crippen LogP contribution < -0.4 is 15.4 Å². The molecule has 0 bridgehead atoms. The first-order valence-electron chi connectivity index (χ1n) is 8.66. The molecule has 0 fully saturated rings. The number of oxazole rings is 1. The zero-order chi connectivity index (χ0) is 18.2. The molecule has 0 aliphatic carbocycles.